The van der Waals surface area contributed by atoms with E-state index in [2.05, 4.69) is 32.3 Å². The number of furan rings is 1. The summed E-state index contributed by atoms with van der Waals surface area (Å²) in [5.41, 5.74) is -3.39. The van der Waals surface area contributed by atoms with Gasteiger partial charge >= 0.3 is 34.8 Å². The van der Waals surface area contributed by atoms with Gasteiger partial charge in [0.05, 0.1) is 19.5 Å². The van der Waals surface area contributed by atoms with Crippen LogP contribution < -0.4 is 22.5 Å². The van der Waals surface area contributed by atoms with Gasteiger partial charge in [-0.3, -0.25) is 51.3 Å². The van der Waals surface area contributed by atoms with Gasteiger partial charge in [0, 0.05) is 43.6 Å². The third-order valence-corrected chi connectivity index (χ3v) is 11.0. The van der Waals surface area contributed by atoms with Gasteiger partial charge in [-0.2, -0.15) is 0 Å². The molecule has 0 saturated carbocycles. The fourth-order valence-electron chi connectivity index (χ4n) is 5.73. The van der Waals surface area contributed by atoms with Gasteiger partial charge in [0.2, 0.25) is 0 Å². The smallest absolute Gasteiger partial charge is 0.467 e. The van der Waals surface area contributed by atoms with Gasteiger partial charge in [-0.1, -0.05) is 11.8 Å². The number of nitrogens with zero attached hydrogens (tertiary/aromatic N) is 2. The molecule has 3 aromatic rings. The van der Waals surface area contributed by atoms with Crippen LogP contribution >= 0.6 is 23.5 Å². The van der Waals surface area contributed by atoms with Gasteiger partial charge < -0.3 is 33.5 Å². The first-order chi connectivity index (χ1) is 27.3. The third-order valence-electron chi connectivity index (χ3n) is 8.49. The standard InChI is InChI=1S/C32H39N4O19P3/c1-3-4-5-6-7-8-10-21-16-36(32(40)34-30(21)38)28-14-23(25(52-28)18-49-56(41,42)43)55-58(46,47)51-19-26-24(54-57(44,45)50-17-22-11-9-12-48-22)13-27(53-26)35-15-20(2)29(37)33-31(35)39/h1,9,11-12,15-16,23-28H,4-7,13-14,17-19H2,2H3,(H,44,45)(H,46,47)(H,33,37,39)(H,34,38,40)(H2,41,42,43)/t23-,24-,25-,26-,27-,28-/m1/s1. The highest BCUT2D eigenvalue weighted by Gasteiger charge is 2.46. The number of aryl methyl sites for hydroxylation is 1. The Morgan fingerprint density at radius 2 is 1.40 bits per heavy atom. The zero-order valence-corrected chi connectivity index (χ0v) is 33.1. The van der Waals surface area contributed by atoms with Crippen molar-refractivity contribution >= 4 is 23.5 Å². The third kappa shape index (κ3) is 12.8. The number of unbranched alkanes of at least 4 members (excludes halogenated alkanes) is 3. The van der Waals surface area contributed by atoms with Crippen LogP contribution in [-0.4, -0.2) is 76.3 Å². The van der Waals surface area contributed by atoms with Crippen LogP contribution in [0.15, 0.2) is 54.4 Å². The molecule has 0 spiro atoms. The highest BCUT2D eigenvalue weighted by Crippen LogP contribution is 2.52. The minimum absolute atomic E-state index is 0.109. The molecule has 2 fully saturated rings. The number of ether oxygens (including phenoxy) is 2. The Kier molecular flexibility index (Phi) is 15.1. The molecule has 2 aliphatic heterocycles. The Hall–Kier alpha value is -3.99. The van der Waals surface area contributed by atoms with Crippen LogP contribution in [0.25, 0.3) is 0 Å². The zero-order valence-electron chi connectivity index (χ0n) is 30.4. The highest BCUT2D eigenvalue weighted by atomic mass is 31.2. The summed E-state index contributed by atoms with van der Waals surface area (Å²) in [6.07, 6.45) is 1.72. The molecule has 5 heterocycles. The van der Waals surface area contributed by atoms with E-state index >= 15 is 0 Å². The Morgan fingerprint density at radius 3 is 1.98 bits per heavy atom. The molecule has 26 heteroatoms. The Bertz CT molecular complexity index is 2400. The Balaban J connectivity index is 1.32. The van der Waals surface area contributed by atoms with Gasteiger partial charge in [-0.05, 0) is 31.9 Å². The van der Waals surface area contributed by atoms with Crippen molar-refractivity contribution < 1.29 is 69.8 Å². The fraction of sp³-hybridized carbons (Fsp3) is 0.500. The molecule has 2 aliphatic rings. The topological polar surface area (TPSA) is 320 Å². The lowest BCUT2D eigenvalue weighted by atomic mass is 10.2. The molecule has 8 atom stereocenters. The molecule has 3 aromatic heterocycles. The number of aromatic nitrogens is 4. The van der Waals surface area contributed by atoms with Crippen LogP contribution in [0.2, 0.25) is 0 Å². The average molecular weight is 877 g/mol. The first-order valence-corrected chi connectivity index (χ1v) is 21.8. The van der Waals surface area contributed by atoms with Crippen LogP contribution in [-0.2, 0) is 52.4 Å². The quantitative estimate of drug-likeness (QED) is 0.0598. The van der Waals surface area contributed by atoms with Gasteiger partial charge in [0.1, 0.15) is 54.8 Å². The first kappa shape index (κ1) is 45.1. The molecule has 0 aromatic carbocycles. The van der Waals surface area contributed by atoms with E-state index in [9.17, 15) is 52.4 Å². The van der Waals surface area contributed by atoms with Crippen molar-refractivity contribution in [1.82, 2.24) is 19.1 Å². The summed E-state index contributed by atoms with van der Waals surface area (Å²) in [5, 5.41) is 0. The summed E-state index contributed by atoms with van der Waals surface area (Å²) >= 11 is 0. The van der Waals surface area contributed by atoms with Gasteiger partial charge in [-0.15, -0.1) is 12.3 Å². The minimum atomic E-state index is -5.25. The van der Waals surface area contributed by atoms with E-state index in [1.165, 1.54) is 31.5 Å². The minimum Gasteiger partial charge on any atom is -0.467 e. The number of hydrogen-bond acceptors (Lipinski definition) is 15. The molecule has 6 N–H and O–H groups in total. The SMILES string of the molecule is C#CCCCCC#Cc1cn([C@H]2C[C@@H](OP(=O)(O)OC[C@H]3O[C@@H](n4cc(C)c(=O)[nH]c4=O)C[C@H]3OP(=O)(O)OCc3ccco3)[C@@H](COP(=O)(O)O)O2)c(=O)[nH]c1=O. The number of phosphoric ester groups is 3. The number of hydrogen-bond donors (Lipinski definition) is 6. The average Bonchev–Trinajstić information content (AvgIpc) is 3.90. The second-order valence-corrected chi connectivity index (χ2v) is 16.8. The second-order valence-electron chi connectivity index (χ2n) is 12.8. The molecule has 0 bridgehead atoms. The van der Waals surface area contributed by atoms with Crippen molar-refractivity contribution in [2.24, 2.45) is 0 Å². The maximum Gasteiger partial charge on any atom is 0.472 e. The molecule has 5 rings (SSSR count). The summed E-state index contributed by atoms with van der Waals surface area (Å²) in [6.45, 7) is -0.880. The van der Waals surface area contributed by atoms with Crippen LogP contribution in [0.3, 0.4) is 0 Å². The van der Waals surface area contributed by atoms with Crippen LogP contribution in [0.1, 0.15) is 67.9 Å². The van der Waals surface area contributed by atoms with Crippen molar-refractivity contribution in [1.29, 1.82) is 0 Å². The summed E-state index contributed by atoms with van der Waals surface area (Å²) in [7, 11) is -15.3. The summed E-state index contributed by atoms with van der Waals surface area (Å²) < 4.78 is 81.8. The number of rotatable bonds is 18. The Morgan fingerprint density at radius 1 is 0.828 bits per heavy atom. The van der Waals surface area contributed by atoms with E-state index in [1.54, 1.807) is 0 Å². The van der Waals surface area contributed by atoms with E-state index < -0.39 is 109 Å². The van der Waals surface area contributed by atoms with Gasteiger partial charge in [-0.25, -0.2) is 23.3 Å². The number of nitrogens with one attached hydrogen (secondary N) is 2. The molecule has 0 radical (unpaired) electrons. The predicted molar refractivity (Wildman–Crippen MR) is 195 cm³/mol. The fourth-order valence-corrected chi connectivity index (χ4v) is 7.95. The van der Waals surface area contributed by atoms with Gasteiger partial charge in [0.25, 0.3) is 11.1 Å². The lowest BCUT2D eigenvalue weighted by Crippen LogP contribution is -2.33. The molecule has 316 valence electrons. The number of phosphoric acid groups is 3. The monoisotopic (exact) mass is 876 g/mol. The predicted octanol–water partition coefficient (Wildman–Crippen LogP) is 1.42. The van der Waals surface area contributed by atoms with E-state index in [0.717, 1.165) is 15.3 Å². The molecule has 58 heavy (non-hydrogen) atoms. The number of terminal acetylenes is 1. The molecule has 2 saturated heterocycles. The maximum atomic E-state index is 13.4. The number of aromatic amines is 2. The first-order valence-electron chi connectivity index (χ1n) is 17.3. The van der Waals surface area contributed by atoms with Crippen molar-refractivity contribution in [2.45, 2.75) is 88.9 Å². The largest absolute Gasteiger partial charge is 0.472 e. The van der Waals surface area contributed by atoms with Crippen molar-refractivity contribution in [3.8, 4) is 24.2 Å². The lowest BCUT2D eigenvalue weighted by Gasteiger charge is -2.24. The normalized spacial score (nSPS) is 24.1. The van der Waals surface area contributed by atoms with E-state index in [-0.39, 0.29) is 23.3 Å². The summed E-state index contributed by atoms with van der Waals surface area (Å²) in [4.78, 5) is 94.0. The van der Waals surface area contributed by atoms with Crippen molar-refractivity contribution in [3.05, 3.63) is 89.4 Å². The zero-order chi connectivity index (χ0) is 42.3. The summed E-state index contributed by atoms with van der Waals surface area (Å²) in [5.74, 6) is 8.14. The van der Waals surface area contributed by atoms with Crippen LogP contribution in [0.4, 0.5) is 0 Å². The van der Waals surface area contributed by atoms with E-state index in [0.29, 0.717) is 25.7 Å². The summed E-state index contributed by atoms with van der Waals surface area (Å²) in [6, 6.07) is 2.98. The molecule has 23 nitrogen and oxygen atoms in total. The van der Waals surface area contributed by atoms with Crippen molar-refractivity contribution in [3.63, 3.8) is 0 Å². The second kappa shape index (κ2) is 19.4. The van der Waals surface area contributed by atoms with E-state index in [4.69, 9.17) is 38.4 Å². The molecule has 2 unspecified atom stereocenters. The van der Waals surface area contributed by atoms with Crippen LogP contribution in [0, 0.1) is 31.1 Å². The molecule has 0 amide bonds. The number of H-pyrrole nitrogens is 2. The van der Waals surface area contributed by atoms with Crippen LogP contribution in [0.5, 0.6) is 0 Å². The highest BCUT2D eigenvalue weighted by molar-refractivity contribution is 7.47. The molecular formula is C32H39N4O19P3. The van der Waals surface area contributed by atoms with E-state index in [1.807, 2.05) is 0 Å². The van der Waals surface area contributed by atoms with Crippen molar-refractivity contribution in [2.75, 3.05) is 13.2 Å². The van der Waals surface area contributed by atoms with Gasteiger partial charge in [0.15, 0.2) is 0 Å². The molecule has 0 aliphatic carbocycles. The maximum absolute atomic E-state index is 13.4. The Labute approximate surface area is 327 Å². The molecular weight excluding hydrogens is 837 g/mol. The lowest BCUT2D eigenvalue weighted by molar-refractivity contribution is -0.0573.